The number of carbonyl (C=O) groups is 1. The van der Waals surface area contributed by atoms with E-state index in [9.17, 15) is 17.6 Å². The highest BCUT2D eigenvalue weighted by Crippen LogP contribution is 2.40. The minimum Gasteiger partial charge on any atom is -0.322 e. The van der Waals surface area contributed by atoms with Gasteiger partial charge in [0, 0.05) is 22.7 Å². The average Bonchev–Trinajstić information content (AvgIpc) is 3.47. The first-order valence-corrected chi connectivity index (χ1v) is 10.7. The highest BCUT2D eigenvalue weighted by molar-refractivity contribution is 7.92. The number of carbonyl (C=O) groups excluding carboxylic acids is 1. The van der Waals surface area contributed by atoms with E-state index in [2.05, 4.69) is 15.0 Å². The first-order chi connectivity index (χ1) is 13.3. The molecule has 0 aliphatic heterocycles. The number of nitrogens with one attached hydrogen (secondary N) is 2. The van der Waals surface area contributed by atoms with Gasteiger partial charge in [-0.15, -0.1) is 0 Å². The highest BCUT2D eigenvalue weighted by atomic mass is 32.2. The number of aromatic nitrogens is 1. The van der Waals surface area contributed by atoms with Gasteiger partial charge >= 0.3 is 0 Å². The summed E-state index contributed by atoms with van der Waals surface area (Å²) in [5, 5.41) is 3.45. The van der Waals surface area contributed by atoms with E-state index in [1.165, 1.54) is 12.1 Å². The number of benzene rings is 2. The Labute approximate surface area is 161 Å². The molecule has 0 unspecified atom stereocenters. The Kier molecular flexibility index (Phi) is 4.50. The van der Waals surface area contributed by atoms with Gasteiger partial charge in [0.15, 0.2) is 0 Å². The average molecular weight is 399 g/mol. The minimum atomic E-state index is -3.65. The lowest BCUT2D eigenvalue weighted by Gasteiger charge is -2.12. The Bertz CT molecular complexity index is 1190. The molecule has 0 radical (unpaired) electrons. The molecule has 144 valence electrons. The molecule has 0 saturated heterocycles. The molecule has 6 nitrogen and oxygen atoms in total. The lowest BCUT2D eigenvalue weighted by molar-refractivity contribution is 0.102. The third kappa shape index (κ3) is 3.96. The number of sulfonamides is 1. The predicted molar refractivity (Wildman–Crippen MR) is 107 cm³/mol. The van der Waals surface area contributed by atoms with Crippen molar-refractivity contribution in [2.24, 2.45) is 0 Å². The van der Waals surface area contributed by atoms with Gasteiger partial charge in [-0.1, -0.05) is 18.2 Å². The van der Waals surface area contributed by atoms with Gasteiger partial charge in [0.1, 0.15) is 5.82 Å². The summed E-state index contributed by atoms with van der Waals surface area (Å²) in [5.74, 6) is -0.709. The second-order valence-electron chi connectivity index (χ2n) is 6.91. The summed E-state index contributed by atoms with van der Waals surface area (Å²) in [4.78, 5) is 17.6. The van der Waals surface area contributed by atoms with Gasteiger partial charge in [0.05, 0.1) is 23.0 Å². The summed E-state index contributed by atoms with van der Waals surface area (Å²) >= 11 is 0. The standard InChI is InChI=1S/C20H18FN3O3S/c1-28(26,27)24-19-10-13(8-9-16(19)21)22-20(25)15-11-18(12-6-7-12)23-17-5-3-2-4-14(15)17/h2-5,8-12,24H,6-7H2,1H3,(H,22,25). The molecule has 3 aromatic rings. The number of nitrogens with zero attached hydrogens (tertiary/aromatic N) is 1. The monoisotopic (exact) mass is 399 g/mol. The van der Waals surface area contributed by atoms with Crippen molar-refractivity contribution < 1.29 is 17.6 Å². The van der Waals surface area contributed by atoms with Crippen LogP contribution in [0.15, 0.2) is 48.5 Å². The Morgan fingerprint density at radius 1 is 1.14 bits per heavy atom. The summed E-state index contributed by atoms with van der Waals surface area (Å²) in [6.07, 6.45) is 3.05. The molecule has 28 heavy (non-hydrogen) atoms. The van der Waals surface area contributed by atoms with Gasteiger partial charge in [0.2, 0.25) is 10.0 Å². The number of para-hydroxylation sites is 1. The normalized spacial score (nSPS) is 14.1. The molecule has 1 amide bonds. The molecule has 1 aliphatic carbocycles. The molecule has 0 spiro atoms. The smallest absolute Gasteiger partial charge is 0.256 e. The Hall–Kier alpha value is -3.00. The third-order valence-electron chi connectivity index (χ3n) is 4.50. The van der Waals surface area contributed by atoms with Crippen molar-refractivity contribution >= 4 is 38.2 Å². The van der Waals surface area contributed by atoms with E-state index in [1.54, 1.807) is 6.07 Å². The SMILES string of the molecule is CS(=O)(=O)Nc1cc(NC(=O)c2cc(C3CC3)nc3ccccc23)ccc1F. The summed E-state index contributed by atoms with van der Waals surface area (Å²) < 4.78 is 38.7. The molecule has 8 heteroatoms. The molecule has 2 N–H and O–H groups in total. The lowest BCUT2D eigenvalue weighted by atomic mass is 10.1. The summed E-state index contributed by atoms with van der Waals surface area (Å²) in [5.41, 5.74) is 2.18. The zero-order chi connectivity index (χ0) is 19.9. The van der Waals surface area contributed by atoms with Crippen LogP contribution in [-0.2, 0) is 10.0 Å². The van der Waals surface area contributed by atoms with Gasteiger partial charge < -0.3 is 5.32 Å². The summed E-state index contributed by atoms with van der Waals surface area (Å²) in [6.45, 7) is 0. The molecule has 0 atom stereocenters. The molecular weight excluding hydrogens is 381 g/mol. The summed E-state index contributed by atoms with van der Waals surface area (Å²) in [7, 11) is -3.65. The maximum absolute atomic E-state index is 13.9. The van der Waals surface area contributed by atoms with E-state index < -0.39 is 15.8 Å². The lowest BCUT2D eigenvalue weighted by Crippen LogP contribution is -2.15. The second-order valence-corrected chi connectivity index (χ2v) is 8.66. The fourth-order valence-corrected chi connectivity index (χ4v) is 3.61. The van der Waals surface area contributed by atoms with Crippen molar-refractivity contribution in [3.8, 4) is 0 Å². The largest absolute Gasteiger partial charge is 0.322 e. The molecule has 1 heterocycles. The van der Waals surface area contributed by atoms with E-state index in [4.69, 9.17) is 0 Å². The Balaban J connectivity index is 1.68. The van der Waals surface area contributed by atoms with E-state index in [0.717, 1.165) is 41.8 Å². The van der Waals surface area contributed by atoms with Crippen LogP contribution in [0.1, 0.15) is 34.8 Å². The van der Waals surface area contributed by atoms with Gasteiger partial charge in [0.25, 0.3) is 5.91 Å². The molecule has 1 aromatic heterocycles. The van der Waals surface area contributed by atoms with E-state index in [0.29, 0.717) is 11.5 Å². The molecule has 1 saturated carbocycles. The number of hydrogen-bond acceptors (Lipinski definition) is 4. The number of anilines is 2. The number of pyridine rings is 1. The number of halogens is 1. The molecule has 4 rings (SSSR count). The number of rotatable bonds is 5. The zero-order valence-corrected chi connectivity index (χ0v) is 15.9. The van der Waals surface area contributed by atoms with Crippen molar-refractivity contribution in [2.75, 3.05) is 16.3 Å². The number of hydrogen-bond donors (Lipinski definition) is 2. The number of fused-ring (bicyclic) bond motifs is 1. The van der Waals surface area contributed by atoms with Crippen molar-refractivity contribution in [1.29, 1.82) is 0 Å². The van der Waals surface area contributed by atoms with Gasteiger partial charge in [-0.25, -0.2) is 12.8 Å². The van der Waals surface area contributed by atoms with Gasteiger partial charge in [-0.05, 0) is 43.2 Å². The Morgan fingerprint density at radius 2 is 1.89 bits per heavy atom. The van der Waals surface area contributed by atoms with Crippen LogP contribution in [-0.4, -0.2) is 25.6 Å². The van der Waals surface area contributed by atoms with Gasteiger partial charge in [-0.2, -0.15) is 0 Å². The quantitative estimate of drug-likeness (QED) is 0.682. The molecule has 1 fully saturated rings. The fraction of sp³-hybridized carbons (Fsp3) is 0.200. The first kappa shape index (κ1) is 18.4. The van der Waals surface area contributed by atoms with Crippen LogP contribution in [0.3, 0.4) is 0 Å². The van der Waals surface area contributed by atoms with Crippen LogP contribution in [0.4, 0.5) is 15.8 Å². The second kappa shape index (κ2) is 6.87. The third-order valence-corrected chi connectivity index (χ3v) is 5.09. The molecule has 1 aliphatic rings. The Morgan fingerprint density at radius 3 is 2.61 bits per heavy atom. The summed E-state index contributed by atoms with van der Waals surface area (Å²) in [6, 6.07) is 12.9. The maximum Gasteiger partial charge on any atom is 0.256 e. The highest BCUT2D eigenvalue weighted by Gasteiger charge is 2.27. The van der Waals surface area contributed by atoms with Crippen LogP contribution in [0.25, 0.3) is 10.9 Å². The van der Waals surface area contributed by atoms with Gasteiger partial charge in [-0.3, -0.25) is 14.5 Å². The fourth-order valence-electron chi connectivity index (χ4n) is 3.05. The first-order valence-electron chi connectivity index (χ1n) is 8.78. The van der Waals surface area contributed by atoms with E-state index in [-0.39, 0.29) is 17.3 Å². The van der Waals surface area contributed by atoms with Crippen LogP contribution in [0, 0.1) is 5.82 Å². The zero-order valence-electron chi connectivity index (χ0n) is 15.1. The van der Waals surface area contributed by atoms with Crippen molar-refractivity contribution in [1.82, 2.24) is 4.98 Å². The topological polar surface area (TPSA) is 88.2 Å². The number of amides is 1. The van der Waals surface area contributed by atoms with Crippen LogP contribution < -0.4 is 10.0 Å². The minimum absolute atomic E-state index is 0.224. The van der Waals surface area contributed by atoms with E-state index in [1.807, 2.05) is 24.3 Å². The van der Waals surface area contributed by atoms with Crippen molar-refractivity contribution in [2.45, 2.75) is 18.8 Å². The maximum atomic E-state index is 13.9. The van der Waals surface area contributed by atoms with Crippen LogP contribution >= 0.6 is 0 Å². The predicted octanol–water partition coefficient (Wildman–Crippen LogP) is 3.88. The molecule has 0 bridgehead atoms. The van der Waals surface area contributed by atoms with Crippen molar-refractivity contribution in [3.63, 3.8) is 0 Å². The van der Waals surface area contributed by atoms with Crippen LogP contribution in [0.2, 0.25) is 0 Å². The van der Waals surface area contributed by atoms with E-state index >= 15 is 0 Å². The molecular formula is C20H18FN3O3S. The van der Waals surface area contributed by atoms with Crippen LogP contribution in [0.5, 0.6) is 0 Å². The molecule has 2 aromatic carbocycles. The van der Waals surface area contributed by atoms with Crippen molar-refractivity contribution in [3.05, 3.63) is 65.6 Å².